The number of carbonyl (C=O) groups excluding carboxylic acids is 1. The fraction of sp³-hybridized carbons (Fsp3) is 0.750. The predicted molar refractivity (Wildman–Crippen MR) is 81.8 cm³/mol. The van der Waals surface area contributed by atoms with Crippen LogP contribution in [-0.2, 0) is 4.79 Å². The number of carboxylic acid groups (broad SMARTS) is 1. The number of carbonyl (C=O) groups is 2. The molecule has 0 radical (unpaired) electrons. The Balaban J connectivity index is 2.53. The molecule has 21 heavy (non-hydrogen) atoms. The molecule has 0 spiro atoms. The minimum atomic E-state index is -0.778. The van der Waals surface area contributed by atoms with Crippen molar-refractivity contribution < 1.29 is 14.7 Å². The van der Waals surface area contributed by atoms with Crippen molar-refractivity contribution in [1.82, 2.24) is 10.2 Å². The monoisotopic (exact) mass is 294 g/mol. The molecule has 5 heteroatoms. The van der Waals surface area contributed by atoms with E-state index in [4.69, 9.17) is 11.5 Å². The number of amides is 2. The summed E-state index contributed by atoms with van der Waals surface area (Å²) in [6.45, 7) is 5.30. The standard InChI is InChI=1S/C16H26N2O3/c1-4-7-14(5-2)17-16(21)18-9-6-8-13(11-18)12(3)10-15(19)20/h2,12-14H,4,6-11H2,1,3H3,(H,17,21)(H,19,20). The Hall–Kier alpha value is -1.70. The van der Waals surface area contributed by atoms with E-state index in [9.17, 15) is 9.59 Å². The zero-order chi connectivity index (χ0) is 15.8. The quantitative estimate of drug-likeness (QED) is 0.739. The van der Waals surface area contributed by atoms with Gasteiger partial charge in [0.15, 0.2) is 0 Å². The highest BCUT2D eigenvalue weighted by atomic mass is 16.4. The Labute approximate surface area is 127 Å². The van der Waals surface area contributed by atoms with Crippen LogP contribution in [0.4, 0.5) is 4.79 Å². The number of piperidine rings is 1. The summed E-state index contributed by atoms with van der Waals surface area (Å²) in [5.41, 5.74) is 0. The van der Waals surface area contributed by atoms with Crippen LogP contribution in [0.25, 0.3) is 0 Å². The summed E-state index contributed by atoms with van der Waals surface area (Å²) >= 11 is 0. The Morgan fingerprint density at radius 3 is 2.81 bits per heavy atom. The Morgan fingerprint density at radius 2 is 2.24 bits per heavy atom. The topological polar surface area (TPSA) is 69.6 Å². The lowest BCUT2D eigenvalue weighted by atomic mass is 9.85. The second-order valence-electron chi connectivity index (χ2n) is 5.88. The molecule has 2 amide bonds. The van der Waals surface area contributed by atoms with Gasteiger partial charge in [-0.25, -0.2) is 4.79 Å². The maximum Gasteiger partial charge on any atom is 0.318 e. The lowest BCUT2D eigenvalue weighted by molar-refractivity contribution is -0.138. The van der Waals surface area contributed by atoms with Crippen LogP contribution in [0, 0.1) is 24.2 Å². The van der Waals surface area contributed by atoms with Gasteiger partial charge in [0.05, 0.1) is 6.04 Å². The molecule has 0 aromatic heterocycles. The highest BCUT2D eigenvalue weighted by Gasteiger charge is 2.28. The summed E-state index contributed by atoms with van der Waals surface area (Å²) in [6, 6.07) is -0.349. The maximum atomic E-state index is 12.2. The van der Waals surface area contributed by atoms with E-state index in [2.05, 4.69) is 11.2 Å². The summed E-state index contributed by atoms with van der Waals surface area (Å²) in [4.78, 5) is 24.8. The van der Waals surface area contributed by atoms with Crippen LogP contribution < -0.4 is 5.32 Å². The summed E-state index contributed by atoms with van der Waals surface area (Å²) in [5.74, 6) is 2.15. The first kappa shape index (κ1) is 17.4. The predicted octanol–water partition coefficient (Wildman–Crippen LogP) is 2.32. The van der Waals surface area contributed by atoms with Gasteiger partial charge < -0.3 is 15.3 Å². The molecule has 5 nitrogen and oxygen atoms in total. The minimum absolute atomic E-state index is 0.0807. The molecule has 1 aliphatic rings. The molecule has 1 heterocycles. The summed E-state index contributed by atoms with van der Waals surface area (Å²) < 4.78 is 0. The van der Waals surface area contributed by atoms with Gasteiger partial charge in [0.25, 0.3) is 0 Å². The summed E-state index contributed by atoms with van der Waals surface area (Å²) in [5, 5.41) is 11.8. The molecule has 0 aliphatic carbocycles. The lowest BCUT2D eigenvalue weighted by Crippen LogP contribution is -2.49. The number of nitrogens with zero attached hydrogens (tertiary/aromatic N) is 1. The first-order valence-corrected chi connectivity index (χ1v) is 7.71. The smallest absolute Gasteiger partial charge is 0.318 e. The van der Waals surface area contributed by atoms with Crippen LogP contribution in [0.1, 0.15) is 46.0 Å². The average Bonchev–Trinajstić information content (AvgIpc) is 2.46. The number of likely N-dealkylation sites (tertiary alicyclic amines) is 1. The van der Waals surface area contributed by atoms with Crippen LogP contribution in [0.2, 0.25) is 0 Å². The van der Waals surface area contributed by atoms with Crippen molar-refractivity contribution in [2.75, 3.05) is 13.1 Å². The van der Waals surface area contributed by atoms with Crippen LogP contribution in [0.3, 0.4) is 0 Å². The van der Waals surface area contributed by atoms with Crippen LogP contribution >= 0.6 is 0 Å². The zero-order valence-electron chi connectivity index (χ0n) is 13.0. The van der Waals surface area contributed by atoms with E-state index in [1.807, 2.05) is 13.8 Å². The van der Waals surface area contributed by atoms with Gasteiger partial charge in [-0.2, -0.15) is 0 Å². The van der Waals surface area contributed by atoms with Crippen LogP contribution in [-0.4, -0.2) is 41.1 Å². The van der Waals surface area contributed by atoms with Gasteiger partial charge in [-0.15, -0.1) is 6.42 Å². The molecule has 118 valence electrons. The normalized spacial score (nSPS) is 21.2. The van der Waals surface area contributed by atoms with Gasteiger partial charge in [0.1, 0.15) is 0 Å². The largest absolute Gasteiger partial charge is 0.481 e. The fourth-order valence-corrected chi connectivity index (χ4v) is 2.83. The minimum Gasteiger partial charge on any atom is -0.481 e. The molecular formula is C16H26N2O3. The SMILES string of the molecule is C#CC(CCC)NC(=O)N1CCCC(C(C)CC(=O)O)C1. The molecule has 0 bridgehead atoms. The second kappa shape index (κ2) is 8.56. The third kappa shape index (κ3) is 5.66. The van der Waals surface area contributed by atoms with E-state index >= 15 is 0 Å². The van der Waals surface area contributed by atoms with E-state index in [-0.39, 0.29) is 30.3 Å². The molecule has 1 rings (SSSR count). The second-order valence-corrected chi connectivity index (χ2v) is 5.88. The molecule has 0 aromatic rings. The fourth-order valence-electron chi connectivity index (χ4n) is 2.83. The number of urea groups is 1. The molecule has 1 fully saturated rings. The first-order chi connectivity index (χ1) is 9.97. The third-order valence-corrected chi connectivity index (χ3v) is 4.12. The van der Waals surface area contributed by atoms with E-state index in [1.54, 1.807) is 4.90 Å². The maximum absolute atomic E-state index is 12.2. The Kier molecular flexibility index (Phi) is 7.07. The van der Waals surface area contributed by atoms with Crippen molar-refractivity contribution in [3.05, 3.63) is 0 Å². The highest BCUT2D eigenvalue weighted by molar-refractivity contribution is 5.75. The molecule has 0 saturated carbocycles. The van der Waals surface area contributed by atoms with E-state index in [1.165, 1.54) is 0 Å². The number of hydrogen-bond donors (Lipinski definition) is 2. The van der Waals surface area contributed by atoms with Crippen molar-refractivity contribution in [3.8, 4) is 12.3 Å². The van der Waals surface area contributed by atoms with Crippen molar-refractivity contribution >= 4 is 12.0 Å². The van der Waals surface area contributed by atoms with E-state index in [0.29, 0.717) is 13.1 Å². The lowest BCUT2D eigenvalue weighted by Gasteiger charge is -2.36. The van der Waals surface area contributed by atoms with Gasteiger partial charge in [0.2, 0.25) is 0 Å². The van der Waals surface area contributed by atoms with E-state index < -0.39 is 5.97 Å². The average molecular weight is 294 g/mol. The molecule has 1 saturated heterocycles. The van der Waals surface area contributed by atoms with Crippen molar-refractivity contribution in [2.24, 2.45) is 11.8 Å². The van der Waals surface area contributed by atoms with Crippen LogP contribution in [0.15, 0.2) is 0 Å². The molecule has 0 aromatic carbocycles. The Bertz CT molecular complexity index is 403. The van der Waals surface area contributed by atoms with Gasteiger partial charge in [-0.1, -0.05) is 26.2 Å². The molecule has 3 atom stereocenters. The van der Waals surface area contributed by atoms with Crippen molar-refractivity contribution in [3.63, 3.8) is 0 Å². The number of terminal acetylenes is 1. The number of aliphatic carboxylic acids is 1. The highest BCUT2D eigenvalue weighted by Crippen LogP contribution is 2.26. The summed E-state index contributed by atoms with van der Waals surface area (Å²) in [7, 11) is 0. The van der Waals surface area contributed by atoms with E-state index in [0.717, 1.165) is 25.7 Å². The molecule has 2 N–H and O–H groups in total. The summed E-state index contributed by atoms with van der Waals surface area (Å²) in [6.07, 6.45) is 9.16. The van der Waals surface area contributed by atoms with Crippen LogP contribution in [0.5, 0.6) is 0 Å². The molecule has 3 unspecified atom stereocenters. The molecule has 1 aliphatic heterocycles. The van der Waals surface area contributed by atoms with Gasteiger partial charge in [0, 0.05) is 19.5 Å². The zero-order valence-corrected chi connectivity index (χ0v) is 13.0. The first-order valence-electron chi connectivity index (χ1n) is 7.71. The number of hydrogen-bond acceptors (Lipinski definition) is 2. The van der Waals surface area contributed by atoms with Gasteiger partial charge >= 0.3 is 12.0 Å². The molecular weight excluding hydrogens is 268 g/mol. The van der Waals surface area contributed by atoms with Crippen molar-refractivity contribution in [1.29, 1.82) is 0 Å². The number of rotatable bonds is 6. The van der Waals surface area contributed by atoms with Gasteiger partial charge in [-0.05, 0) is 31.1 Å². The van der Waals surface area contributed by atoms with Gasteiger partial charge in [-0.3, -0.25) is 4.79 Å². The number of carboxylic acids is 1. The Morgan fingerprint density at radius 1 is 1.52 bits per heavy atom. The number of nitrogens with one attached hydrogen (secondary N) is 1. The third-order valence-electron chi connectivity index (χ3n) is 4.12. The van der Waals surface area contributed by atoms with Crippen molar-refractivity contribution in [2.45, 2.75) is 52.0 Å².